The van der Waals surface area contributed by atoms with Crippen molar-refractivity contribution in [2.24, 2.45) is 5.92 Å². The molecule has 1 amide bonds. The molecule has 0 radical (unpaired) electrons. The molecule has 0 N–H and O–H groups in total. The monoisotopic (exact) mass is 329 g/mol. The van der Waals surface area contributed by atoms with Crippen LogP contribution in [0.5, 0.6) is 5.75 Å². The lowest BCUT2D eigenvalue weighted by molar-refractivity contribution is 0.0746. The highest BCUT2D eigenvalue weighted by Crippen LogP contribution is 2.27. The topological polar surface area (TPSA) is 55.3 Å². The Hall–Kier alpha value is -2.50. The molecule has 2 heterocycles. The number of ether oxygens (including phenoxy) is 1. The molecule has 1 aliphatic heterocycles. The third-order valence-corrected chi connectivity index (χ3v) is 3.98. The highest BCUT2D eigenvalue weighted by Gasteiger charge is 2.28. The van der Waals surface area contributed by atoms with Crippen molar-refractivity contribution in [2.75, 3.05) is 7.11 Å². The van der Waals surface area contributed by atoms with Gasteiger partial charge in [0.15, 0.2) is 0 Å². The second kappa shape index (κ2) is 6.55. The molecular weight excluding hydrogens is 309 g/mol. The summed E-state index contributed by atoms with van der Waals surface area (Å²) in [4.78, 5) is 23.3. The third-order valence-electron chi connectivity index (χ3n) is 3.98. The molecule has 1 aromatic heterocycles. The first-order valence-electron chi connectivity index (χ1n) is 7.94. The van der Waals surface area contributed by atoms with Crippen molar-refractivity contribution < 1.29 is 13.9 Å². The van der Waals surface area contributed by atoms with Crippen LogP contribution in [0.1, 0.15) is 41.3 Å². The van der Waals surface area contributed by atoms with Gasteiger partial charge in [0.1, 0.15) is 17.4 Å². The Labute approximate surface area is 140 Å². The highest BCUT2D eigenvalue weighted by molar-refractivity contribution is 5.97. The minimum atomic E-state index is -0.463. The fourth-order valence-corrected chi connectivity index (χ4v) is 2.82. The number of aromatic nitrogens is 2. The van der Waals surface area contributed by atoms with Crippen molar-refractivity contribution >= 4 is 5.91 Å². The molecule has 5 nitrogen and oxygen atoms in total. The molecule has 24 heavy (non-hydrogen) atoms. The van der Waals surface area contributed by atoms with Gasteiger partial charge in [0.25, 0.3) is 5.91 Å². The van der Waals surface area contributed by atoms with E-state index in [2.05, 4.69) is 23.8 Å². The largest absolute Gasteiger partial charge is 0.496 e. The molecule has 2 aromatic rings. The first-order chi connectivity index (χ1) is 11.5. The molecule has 0 saturated carbocycles. The Morgan fingerprint density at radius 3 is 2.88 bits per heavy atom. The summed E-state index contributed by atoms with van der Waals surface area (Å²) < 4.78 is 18.7. The molecule has 0 unspecified atom stereocenters. The molecule has 0 saturated heterocycles. The van der Waals surface area contributed by atoms with E-state index in [0.717, 1.165) is 23.5 Å². The molecular formula is C18H20FN3O2. The number of hydrogen-bond acceptors (Lipinski definition) is 4. The van der Waals surface area contributed by atoms with Crippen LogP contribution in [0.2, 0.25) is 0 Å². The quantitative estimate of drug-likeness (QED) is 0.865. The number of rotatable bonds is 4. The van der Waals surface area contributed by atoms with E-state index in [1.54, 1.807) is 11.1 Å². The maximum absolute atomic E-state index is 13.5. The number of benzene rings is 1. The molecule has 1 aromatic carbocycles. The lowest BCUT2D eigenvalue weighted by Gasteiger charge is -2.17. The van der Waals surface area contributed by atoms with Crippen LogP contribution in [0.3, 0.4) is 0 Å². The second-order valence-corrected chi connectivity index (χ2v) is 6.36. The third kappa shape index (κ3) is 3.22. The first kappa shape index (κ1) is 16.4. The van der Waals surface area contributed by atoms with Crippen LogP contribution < -0.4 is 4.74 Å². The van der Waals surface area contributed by atoms with Gasteiger partial charge in [0.2, 0.25) is 0 Å². The number of carbonyl (C=O) groups is 1. The summed E-state index contributed by atoms with van der Waals surface area (Å²) in [5.41, 5.74) is 2.02. The fraction of sp³-hybridized carbons (Fsp3) is 0.389. The van der Waals surface area contributed by atoms with E-state index in [1.807, 2.05) is 0 Å². The van der Waals surface area contributed by atoms with Crippen molar-refractivity contribution in [3.63, 3.8) is 0 Å². The van der Waals surface area contributed by atoms with E-state index in [0.29, 0.717) is 24.8 Å². The van der Waals surface area contributed by atoms with Crippen LogP contribution >= 0.6 is 0 Å². The zero-order valence-corrected chi connectivity index (χ0v) is 14.0. The van der Waals surface area contributed by atoms with Crippen LogP contribution in [0.25, 0.3) is 0 Å². The van der Waals surface area contributed by atoms with Gasteiger partial charge < -0.3 is 9.64 Å². The van der Waals surface area contributed by atoms with Gasteiger partial charge in [-0.1, -0.05) is 13.8 Å². The summed E-state index contributed by atoms with van der Waals surface area (Å²) in [6, 6.07) is 3.95. The summed E-state index contributed by atoms with van der Waals surface area (Å²) in [6.07, 6.45) is 2.59. The molecule has 0 aliphatic carbocycles. The molecule has 0 atom stereocenters. The smallest absolute Gasteiger partial charge is 0.258 e. The number of fused-ring (bicyclic) bond motifs is 1. The molecule has 126 valence electrons. The van der Waals surface area contributed by atoms with Crippen molar-refractivity contribution in [1.29, 1.82) is 0 Å². The van der Waals surface area contributed by atoms with Gasteiger partial charge in [-0.25, -0.2) is 14.4 Å². The standard InChI is InChI=1S/C18H20FN3O2/c1-11(2)6-17-20-8-12-9-22(10-15(12)21-17)18(23)14-7-13(19)4-5-16(14)24-3/h4-5,7-8,11H,6,9-10H2,1-3H3. The normalized spacial score (nSPS) is 13.3. The summed E-state index contributed by atoms with van der Waals surface area (Å²) in [7, 11) is 1.46. The van der Waals surface area contributed by atoms with Gasteiger partial charge in [-0.05, 0) is 24.1 Å². The van der Waals surface area contributed by atoms with Crippen molar-refractivity contribution in [1.82, 2.24) is 14.9 Å². The SMILES string of the molecule is COc1ccc(F)cc1C(=O)N1Cc2cnc(CC(C)C)nc2C1. The maximum atomic E-state index is 13.5. The fourth-order valence-electron chi connectivity index (χ4n) is 2.82. The van der Waals surface area contributed by atoms with Gasteiger partial charge in [0, 0.05) is 24.7 Å². The zero-order valence-electron chi connectivity index (χ0n) is 14.0. The van der Waals surface area contributed by atoms with Gasteiger partial charge in [-0.15, -0.1) is 0 Å². The van der Waals surface area contributed by atoms with E-state index in [4.69, 9.17) is 4.74 Å². The molecule has 0 spiro atoms. The number of hydrogen-bond donors (Lipinski definition) is 0. The number of carbonyl (C=O) groups excluding carboxylic acids is 1. The van der Waals surface area contributed by atoms with Gasteiger partial charge in [0.05, 0.1) is 24.9 Å². The lowest BCUT2D eigenvalue weighted by Crippen LogP contribution is -2.26. The number of methoxy groups -OCH3 is 1. The Balaban J connectivity index is 1.82. The number of nitrogens with zero attached hydrogens (tertiary/aromatic N) is 3. The van der Waals surface area contributed by atoms with Gasteiger partial charge in [-0.2, -0.15) is 0 Å². The minimum Gasteiger partial charge on any atom is -0.496 e. The second-order valence-electron chi connectivity index (χ2n) is 6.36. The van der Waals surface area contributed by atoms with Crippen molar-refractivity contribution in [2.45, 2.75) is 33.4 Å². The Kier molecular flexibility index (Phi) is 4.46. The van der Waals surface area contributed by atoms with E-state index < -0.39 is 5.82 Å². The molecule has 3 rings (SSSR count). The van der Waals surface area contributed by atoms with E-state index in [9.17, 15) is 9.18 Å². The van der Waals surface area contributed by atoms with Gasteiger partial charge >= 0.3 is 0 Å². The first-order valence-corrected chi connectivity index (χ1v) is 7.94. The molecule has 0 fully saturated rings. The zero-order chi connectivity index (χ0) is 17.3. The summed E-state index contributed by atoms with van der Waals surface area (Å²) >= 11 is 0. The van der Waals surface area contributed by atoms with Gasteiger partial charge in [-0.3, -0.25) is 4.79 Å². The Morgan fingerprint density at radius 2 is 2.17 bits per heavy atom. The predicted octanol–water partition coefficient (Wildman–Crippen LogP) is 2.98. The lowest BCUT2D eigenvalue weighted by atomic mass is 10.1. The van der Waals surface area contributed by atoms with Crippen LogP contribution in [0.15, 0.2) is 24.4 Å². The highest BCUT2D eigenvalue weighted by atomic mass is 19.1. The molecule has 6 heteroatoms. The molecule has 1 aliphatic rings. The van der Waals surface area contributed by atoms with Crippen LogP contribution in [-0.4, -0.2) is 27.9 Å². The summed E-state index contributed by atoms with van der Waals surface area (Å²) in [5, 5.41) is 0. The number of halogens is 1. The molecule has 0 bridgehead atoms. The van der Waals surface area contributed by atoms with E-state index in [1.165, 1.54) is 25.3 Å². The average molecular weight is 329 g/mol. The maximum Gasteiger partial charge on any atom is 0.258 e. The van der Waals surface area contributed by atoms with Crippen LogP contribution in [0.4, 0.5) is 4.39 Å². The van der Waals surface area contributed by atoms with E-state index in [-0.39, 0.29) is 11.5 Å². The number of amides is 1. The minimum absolute atomic E-state index is 0.223. The Morgan fingerprint density at radius 1 is 1.38 bits per heavy atom. The van der Waals surface area contributed by atoms with E-state index >= 15 is 0 Å². The van der Waals surface area contributed by atoms with Crippen molar-refractivity contribution in [3.8, 4) is 5.75 Å². The summed E-state index contributed by atoms with van der Waals surface area (Å²) in [5.74, 6) is 0.897. The van der Waals surface area contributed by atoms with Crippen LogP contribution in [-0.2, 0) is 19.5 Å². The Bertz CT molecular complexity index is 777. The summed E-state index contributed by atoms with van der Waals surface area (Å²) in [6.45, 7) is 5.06. The average Bonchev–Trinajstić information content (AvgIpc) is 2.96. The van der Waals surface area contributed by atoms with Crippen LogP contribution in [0, 0.1) is 11.7 Å². The predicted molar refractivity (Wildman–Crippen MR) is 87.1 cm³/mol. The van der Waals surface area contributed by atoms with Crippen molar-refractivity contribution in [3.05, 3.63) is 52.9 Å².